The van der Waals surface area contributed by atoms with E-state index >= 15 is 0 Å². The van der Waals surface area contributed by atoms with Crippen LogP contribution < -0.4 is 11.1 Å². The third-order valence-corrected chi connectivity index (χ3v) is 4.14. The second kappa shape index (κ2) is 5.64. The number of hydrogen-bond donors (Lipinski definition) is 2. The van der Waals surface area contributed by atoms with Crippen LogP contribution in [0.1, 0.15) is 34.6 Å². The molecule has 0 amide bonds. The van der Waals surface area contributed by atoms with Crippen molar-refractivity contribution in [2.24, 2.45) is 5.73 Å². The Labute approximate surface area is 95.9 Å². The first kappa shape index (κ1) is 11.1. The summed E-state index contributed by atoms with van der Waals surface area (Å²) in [5.74, 6) is 0. The highest BCUT2D eigenvalue weighted by Crippen LogP contribution is 2.29. The van der Waals surface area contributed by atoms with Gasteiger partial charge in [0.05, 0.1) is 0 Å². The minimum Gasteiger partial charge on any atom is -0.330 e. The lowest BCUT2D eigenvalue weighted by Gasteiger charge is -2.08. The minimum atomic E-state index is 0.786. The van der Waals surface area contributed by atoms with Crippen LogP contribution in [0.3, 0.4) is 0 Å². The zero-order chi connectivity index (χ0) is 10.5. The molecule has 0 unspecified atom stereocenters. The van der Waals surface area contributed by atoms with Crippen LogP contribution in [-0.2, 0) is 19.4 Å². The number of thiophene rings is 1. The zero-order valence-corrected chi connectivity index (χ0v) is 10.0. The van der Waals surface area contributed by atoms with Crippen LogP contribution in [0.5, 0.6) is 0 Å². The van der Waals surface area contributed by atoms with Crippen LogP contribution in [0.15, 0.2) is 6.07 Å². The molecule has 0 aromatic carbocycles. The molecule has 0 aliphatic heterocycles. The Morgan fingerprint density at radius 1 is 1.33 bits per heavy atom. The van der Waals surface area contributed by atoms with Gasteiger partial charge in [0.1, 0.15) is 0 Å². The van der Waals surface area contributed by atoms with Crippen molar-refractivity contribution in [3.05, 3.63) is 21.4 Å². The summed E-state index contributed by atoms with van der Waals surface area (Å²) < 4.78 is 0. The highest BCUT2D eigenvalue weighted by Gasteiger charge is 2.12. The Morgan fingerprint density at radius 3 is 3.00 bits per heavy atom. The van der Waals surface area contributed by atoms with Gasteiger partial charge in [-0.05, 0) is 56.8 Å². The maximum atomic E-state index is 5.45. The molecule has 0 atom stereocenters. The number of aryl methyl sites for hydroxylation is 2. The van der Waals surface area contributed by atoms with E-state index in [0.29, 0.717) is 0 Å². The quantitative estimate of drug-likeness (QED) is 0.751. The van der Waals surface area contributed by atoms with Gasteiger partial charge in [0, 0.05) is 16.3 Å². The second-order valence-electron chi connectivity index (χ2n) is 4.19. The fourth-order valence-corrected chi connectivity index (χ4v) is 3.31. The molecule has 1 aliphatic carbocycles. The molecule has 15 heavy (non-hydrogen) atoms. The van der Waals surface area contributed by atoms with Crippen LogP contribution in [-0.4, -0.2) is 13.1 Å². The topological polar surface area (TPSA) is 38.0 Å². The van der Waals surface area contributed by atoms with Crippen molar-refractivity contribution in [1.29, 1.82) is 0 Å². The molecule has 1 aromatic heterocycles. The maximum Gasteiger partial charge on any atom is 0.0299 e. The number of fused-ring (bicyclic) bond motifs is 1. The summed E-state index contributed by atoms with van der Waals surface area (Å²) >= 11 is 2.00. The van der Waals surface area contributed by atoms with E-state index in [2.05, 4.69) is 11.4 Å². The predicted molar refractivity (Wildman–Crippen MR) is 66.3 cm³/mol. The van der Waals surface area contributed by atoms with Gasteiger partial charge in [-0.2, -0.15) is 0 Å². The van der Waals surface area contributed by atoms with Crippen molar-refractivity contribution >= 4 is 11.3 Å². The Bertz CT molecular complexity index is 283. The standard InChI is InChI=1S/C12H20N2S/c13-6-3-7-14-9-11-8-10-4-1-2-5-12(10)15-11/h8,14H,1-7,9,13H2. The Hall–Kier alpha value is -0.380. The van der Waals surface area contributed by atoms with Gasteiger partial charge in [-0.3, -0.25) is 0 Å². The van der Waals surface area contributed by atoms with Crippen LogP contribution in [0.4, 0.5) is 0 Å². The van der Waals surface area contributed by atoms with Gasteiger partial charge in [0.15, 0.2) is 0 Å². The van der Waals surface area contributed by atoms with Crippen molar-refractivity contribution in [1.82, 2.24) is 5.32 Å². The number of nitrogens with one attached hydrogen (secondary N) is 1. The SMILES string of the molecule is NCCCNCc1cc2c(s1)CCCC2. The molecule has 0 saturated heterocycles. The van der Waals surface area contributed by atoms with Crippen molar-refractivity contribution in [2.75, 3.05) is 13.1 Å². The number of hydrogen-bond acceptors (Lipinski definition) is 3. The van der Waals surface area contributed by atoms with Gasteiger partial charge in [0.25, 0.3) is 0 Å². The average Bonchev–Trinajstić information content (AvgIpc) is 2.67. The first-order chi connectivity index (χ1) is 7.40. The van der Waals surface area contributed by atoms with E-state index in [1.807, 2.05) is 11.3 Å². The van der Waals surface area contributed by atoms with Crippen molar-refractivity contribution in [3.63, 3.8) is 0 Å². The molecule has 0 spiro atoms. The zero-order valence-electron chi connectivity index (χ0n) is 9.22. The molecule has 0 bridgehead atoms. The number of rotatable bonds is 5. The summed E-state index contributed by atoms with van der Waals surface area (Å²) in [6, 6.07) is 2.40. The lowest BCUT2D eigenvalue weighted by molar-refractivity contribution is 0.660. The van der Waals surface area contributed by atoms with E-state index in [9.17, 15) is 0 Å². The molecular weight excluding hydrogens is 204 g/mol. The Morgan fingerprint density at radius 2 is 2.20 bits per heavy atom. The monoisotopic (exact) mass is 224 g/mol. The molecule has 0 fully saturated rings. The summed E-state index contributed by atoms with van der Waals surface area (Å²) in [5, 5.41) is 3.44. The van der Waals surface area contributed by atoms with E-state index < -0.39 is 0 Å². The lowest BCUT2D eigenvalue weighted by Crippen LogP contribution is -2.17. The smallest absolute Gasteiger partial charge is 0.0299 e. The molecule has 1 aliphatic rings. The summed E-state index contributed by atoms with van der Waals surface area (Å²) in [5.41, 5.74) is 7.06. The number of nitrogens with two attached hydrogens (primary N) is 1. The third kappa shape index (κ3) is 3.03. The fraction of sp³-hybridized carbons (Fsp3) is 0.667. The lowest BCUT2D eigenvalue weighted by atomic mass is 9.99. The highest BCUT2D eigenvalue weighted by atomic mass is 32.1. The maximum absolute atomic E-state index is 5.45. The highest BCUT2D eigenvalue weighted by molar-refractivity contribution is 7.12. The molecule has 0 radical (unpaired) electrons. The molecule has 2 rings (SSSR count). The van der Waals surface area contributed by atoms with E-state index in [0.717, 1.165) is 26.1 Å². The molecular formula is C12H20N2S. The van der Waals surface area contributed by atoms with E-state index in [1.54, 1.807) is 10.4 Å². The molecule has 3 heteroatoms. The summed E-state index contributed by atoms with van der Waals surface area (Å²) in [7, 11) is 0. The van der Waals surface area contributed by atoms with Crippen LogP contribution in [0.2, 0.25) is 0 Å². The van der Waals surface area contributed by atoms with Crippen molar-refractivity contribution in [2.45, 2.75) is 38.6 Å². The van der Waals surface area contributed by atoms with Crippen molar-refractivity contribution < 1.29 is 0 Å². The van der Waals surface area contributed by atoms with Crippen LogP contribution in [0.25, 0.3) is 0 Å². The molecule has 2 nitrogen and oxygen atoms in total. The van der Waals surface area contributed by atoms with Gasteiger partial charge < -0.3 is 11.1 Å². The second-order valence-corrected chi connectivity index (χ2v) is 5.41. The largest absolute Gasteiger partial charge is 0.330 e. The van der Waals surface area contributed by atoms with Crippen LogP contribution in [0, 0.1) is 0 Å². The molecule has 0 saturated carbocycles. The molecule has 84 valence electrons. The van der Waals surface area contributed by atoms with Gasteiger partial charge in [-0.15, -0.1) is 11.3 Å². The molecule has 3 N–H and O–H groups in total. The van der Waals surface area contributed by atoms with Crippen LogP contribution >= 0.6 is 11.3 Å². The summed E-state index contributed by atoms with van der Waals surface area (Å²) in [6.07, 6.45) is 6.44. The van der Waals surface area contributed by atoms with Gasteiger partial charge in [0.2, 0.25) is 0 Å². The molecule has 1 heterocycles. The molecule has 1 aromatic rings. The third-order valence-electron chi connectivity index (χ3n) is 2.90. The van der Waals surface area contributed by atoms with Crippen molar-refractivity contribution in [3.8, 4) is 0 Å². The van der Waals surface area contributed by atoms with Gasteiger partial charge in [-0.1, -0.05) is 0 Å². The Balaban J connectivity index is 1.84. The van der Waals surface area contributed by atoms with E-state index in [4.69, 9.17) is 5.73 Å². The average molecular weight is 224 g/mol. The van der Waals surface area contributed by atoms with Gasteiger partial charge >= 0.3 is 0 Å². The first-order valence-corrected chi connectivity index (χ1v) is 6.73. The summed E-state index contributed by atoms with van der Waals surface area (Å²) in [4.78, 5) is 3.13. The van der Waals surface area contributed by atoms with Gasteiger partial charge in [-0.25, -0.2) is 0 Å². The normalized spacial score (nSPS) is 15.3. The van der Waals surface area contributed by atoms with E-state index in [-0.39, 0.29) is 0 Å². The fourth-order valence-electron chi connectivity index (χ4n) is 2.08. The predicted octanol–water partition coefficient (Wildman–Crippen LogP) is 2.07. The summed E-state index contributed by atoms with van der Waals surface area (Å²) in [6.45, 7) is 2.85. The minimum absolute atomic E-state index is 0.786. The first-order valence-electron chi connectivity index (χ1n) is 5.91. The van der Waals surface area contributed by atoms with E-state index in [1.165, 1.54) is 30.6 Å². The Kier molecular flexibility index (Phi) is 4.18.